The van der Waals surface area contributed by atoms with Crippen molar-refractivity contribution in [3.8, 4) is 17.6 Å². The number of carbonyl (C=O) groups is 1. The van der Waals surface area contributed by atoms with Gasteiger partial charge in [-0.1, -0.05) is 12.1 Å². The summed E-state index contributed by atoms with van der Waals surface area (Å²) < 4.78 is 10.6. The molecule has 6 nitrogen and oxygen atoms in total. The van der Waals surface area contributed by atoms with Crippen LogP contribution in [-0.4, -0.2) is 25.3 Å². The third kappa shape index (κ3) is 4.85. The third-order valence-electron chi connectivity index (χ3n) is 3.01. The molecule has 122 valence electrons. The molecule has 0 unspecified atom stereocenters. The summed E-state index contributed by atoms with van der Waals surface area (Å²) >= 11 is 0. The van der Waals surface area contributed by atoms with Gasteiger partial charge in [0.15, 0.2) is 6.61 Å². The lowest BCUT2D eigenvalue weighted by Gasteiger charge is -2.05. The van der Waals surface area contributed by atoms with E-state index in [4.69, 9.17) is 14.7 Å². The number of nitrogens with zero attached hydrogens (tertiary/aromatic N) is 2. The number of rotatable bonds is 7. The van der Waals surface area contributed by atoms with Crippen molar-refractivity contribution in [3.63, 3.8) is 0 Å². The lowest BCUT2D eigenvalue weighted by molar-refractivity contribution is 0.0955. The van der Waals surface area contributed by atoms with Crippen LogP contribution in [-0.2, 0) is 0 Å². The molecule has 0 heterocycles. The monoisotopic (exact) mass is 323 g/mol. The molecule has 0 spiro atoms. The average Bonchev–Trinajstić information content (AvgIpc) is 2.61. The molecule has 0 saturated carbocycles. The topological polar surface area (TPSA) is 83.7 Å². The second-order valence-corrected chi connectivity index (χ2v) is 4.64. The van der Waals surface area contributed by atoms with Gasteiger partial charge in [-0.25, -0.2) is 5.43 Å². The number of amides is 1. The fourth-order valence-electron chi connectivity index (χ4n) is 1.92. The lowest BCUT2D eigenvalue weighted by atomic mass is 10.2. The van der Waals surface area contributed by atoms with Crippen LogP contribution in [0.25, 0.3) is 0 Å². The first-order chi connectivity index (χ1) is 11.7. The van der Waals surface area contributed by atoms with Crippen LogP contribution in [0.3, 0.4) is 0 Å². The van der Waals surface area contributed by atoms with E-state index in [0.717, 1.165) is 0 Å². The van der Waals surface area contributed by atoms with Crippen molar-refractivity contribution in [1.82, 2.24) is 5.43 Å². The summed E-state index contributed by atoms with van der Waals surface area (Å²) in [6, 6.07) is 15.8. The number of nitriles is 1. The molecule has 0 aliphatic carbocycles. The Labute approximate surface area is 140 Å². The largest absolute Gasteiger partial charge is 0.494 e. The highest BCUT2D eigenvalue weighted by atomic mass is 16.5. The Morgan fingerprint density at radius 2 is 1.96 bits per heavy atom. The average molecular weight is 323 g/mol. The SMILES string of the molecule is CCOc1ccc(C(=O)N/N=C\c2ccccc2OCC#N)cc1. The van der Waals surface area contributed by atoms with Gasteiger partial charge in [-0.15, -0.1) is 0 Å². The summed E-state index contributed by atoms with van der Waals surface area (Å²) in [5.74, 6) is 0.906. The van der Waals surface area contributed by atoms with Gasteiger partial charge in [0.25, 0.3) is 5.91 Å². The van der Waals surface area contributed by atoms with E-state index < -0.39 is 0 Å². The smallest absolute Gasteiger partial charge is 0.271 e. The molecule has 0 aliphatic heterocycles. The number of ether oxygens (including phenoxy) is 2. The molecule has 0 aliphatic rings. The van der Waals surface area contributed by atoms with Gasteiger partial charge in [0, 0.05) is 11.1 Å². The highest BCUT2D eigenvalue weighted by molar-refractivity contribution is 5.95. The summed E-state index contributed by atoms with van der Waals surface area (Å²) in [5, 5.41) is 12.5. The molecule has 0 aromatic heterocycles. The first-order valence-corrected chi connectivity index (χ1v) is 7.39. The fraction of sp³-hybridized carbons (Fsp3) is 0.167. The van der Waals surface area contributed by atoms with E-state index in [1.54, 1.807) is 42.5 Å². The highest BCUT2D eigenvalue weighted by Crippen LogP contribution is 2.15. The molecule has 1 N–H and O–H groups in total. The maximum atomic E-state index is 12.0. The van der Waals surface area contributed by atoms with Crippen LogP contribution in [0.1, 0.15) is 22.8 Å². The summed E-state index contributed by atoms with van der Waals surface area (Å²) in [6.07, 6.45) is 1.47. The predicted octanol–water partition coefficient (Wildman–Crippen LogP) is 2.75. The number of nitrogens with one attached hydrogen (secondary N) is 1. The second kappa shape index (κ2) is 8.96. The van der Waals surface area contributed by atoms with Crippen molar-refractivity contribution in [2.75, 3.05) is 13.2 Å². The van der Waals surface area contributed by atoms with Crippen LogP contribution in [0, 0.1) is 11.3 Å². The van der Waals surface area contributed by atoms with Gasteiger partial charge < -0.3 is 9.47 Å². The van der Waals surface area contributed by atoms with Crippen molar-refractivity contribution in [3.05, 3.63) is 59.7 Å². The Hall–Kier alpha value is -3.33. The molecule has 24 heavy (non-hydrogen) atoms. The van der Waals surface area contributed by atoms with Crippen LogP contribution in [0.2, 0.25) is 0 Å². The zero-order chi connectivity index (χ0) is 17.2. The second-order valence-electron chi connectivity index (χ2n) is 4.64. The first kappa shape index (κ1) is 17.0. The predicted molar refractivity (Wildman–Crippen MR) is 90.2 cm³/mol. The molecule has 0 bridgehead atoms. The molecular weight excluding hydrogens is 306 g/mol. The normalized spacial score (nSPS) is 10.2. The lowest BCUT2D eigenvalue weighted by Crippen LogP contribution is -2.17. The van der Waals surface area contributed by atoms with E-state index in [1.165, 1.54) is 6.21 Å². The van der Waals surface area contributed by atoms with E-state index in [-0.39, 0.29) is 12.5 Å². The maximum Gasteiger partial charge on any atom is 0.271 e. The molecule has 0 radical (unpaired) electrons. The molecule has 1 amide bonds. The highest BCUT2D eigenvalue weighted by Gasteiger charge is 2.05. The molecule has 2 aromatic rings. The molecule has 0 saturated heterocycles. The Kier molecular flexibility index (Phi) is 6.35. The van der Waals surface area contributed by atoms with E-state index in [9.17, 15) is 4.79 Å². The van der Waals surface area contributed by atoms with Gasteiger partial charge in [0.05, 0.1) is 12.8 Å². The van der Waals surface area contributed by atoms with Crippen LogP contribution < -0.4 is 14.9 Å². The molecule has 0 atom stereocenters. The zero-order valence-electron chi connectivity index (χ0n) is 13.2. The number of hydrogen-bond donors (Lipinski definition) is 1. The fourth-order valence-corrected chi connectivity index (χ4v) is 1.92. The van der Waals surface area contributed by atoms with Crippen LogP contribution >= 0.6 is 0 Å². The summed E-state index contributed by atoms with van der Waals surface area (Å²) in [4.78, 5) is 12.0. The Morgan fingerprint density at radius 1 is 1.21 bits per heavy atom. The Balaban J connectivity index is 1.98. The van der Waals surface area contributed by atoms with Crippen molar-refractivity contribution in [2.24, 2.45) is 5.10 Å². The molecule has 0 fully saturated rings. The minimum absolute atomic E-state index is 0.0522. The van der Waals surface area contributed by atoms with E-state index in [0.29, 0.717) is 29.2 Å². The maximum absolute atomic E-state index is 12.0. The Bertz CT molecular complexity index is 749. The van der Waals surface area contributed by atoms with Gasteiger partial charge in [0.1, 0.15) is 17.6 Å². The number of hydrazone groups is 1. The van der Waals surface area contributed by atoms with Gasteiger partial charge in [-0.2, -0.15) is 10.4 Å². The molecule has 2 rings (SSSR count). The molecule has 6 heteroatoms. The van der Waals surface area contributed by atoms with E-state index >= 15 is 0 Å². The van der Waals surface area contributed by atoms with Gasteiger partial charge in [-0.05, 0) is 43.3 Å². The minimum atomic E-state index is -0.329. The van der Waals surface area contributed by atoms with Gasteiger partial charge in [-0.3, -0.25) is 4.79 Å². The van der Waals surface area contributed by atoms with Crippen LogP contribution in [0.15, 0.2) is 53.6 Å². The van der Waals surface area contributed by atoms with Crippen molar-refractivity contribution >= 4 is 12.1 Å². The number of benzene rings is 2. The van der Waals surface area contributed by atoms with Crippen LogP contribution in [0.5, 0.6) is 11.5 Å². The number of carbonyl (C=O) groups excluding carboxylic acids is 1. The standard InChI is InChI=1S/C18H17N3O3/c1-2-23-16-9-7-14(8-10-16)18(22)21-20-13-15-5-3-4-6-17(15)24-12-11-19/h3-10,13H,2,12H2,1H3,(H,21,22)/b20-13-. The van der Waals surface area contributed by atoms with Crippen molar-refractivity contribution < 1.29 is 14.3 Å². The Morgan fingerprint density at radius 3 is 2.67 bits per heavy atom. The summed E-state index contributed by atoms with van der Waals surface area (Å²) in [6.45, 7) is 2.42. The molecular formula is C18H17N3O3. The first-order valence-electron chi connectivity index (χ1n) is 7.39. The summed E-state index contributed by atoms with van der Waals surface area (Å²) in [7, 11) is 0. The van der Waals surface area contributed by atoms with Gasteiger partial charge in [0.2, 0.25) is 0 Å². The third-order valence-corrected chi connectivity index (χ3v) is 3.01. The summed E-state index contributed by atoms with van der Waals surface area (Å²) in [5.41, 5.74) is 3.59. The molecule has 2 aromatic carbocycles. The number of hydrogen-bond acceptors (Lipinski definition) is 5. The zero-order valence-corrected chi connectivity index (χ0v) is 13.2. The van der Waals surface area contributed by atoms with E-state index in [2.05, 4.69) is 10.5 Å². The van der Waals surface area contributed by atoms with Crippen LogP contribution in [0.4, 0.5) is 0 Å². The van der Waals surface area contributed by atoms with Crippen molar-refractivity contribution in [2.45, 2.75) is 6.92 Å². The number of para-hydroxylation sites is 1. The van der Waals surface area contributed by atoms with Crippen molar-refractivity contribution in [1.29, 1.82) is 5.26 Å². The quantitative estimate of drug-likeness (QED) is 0.627. The van der Waals surface area contributed by atoms with E-state index in [1.807, 2.05) is 19.1 Å². The van der Waals surface area contributed by atoms with Gasteiger partial charge >= 0.3 is 0 Å². The minimum Gasteiger partial charge on any atom is -0.494 e.